The molecule has 2 aromatic heterocycles. The molecular formula is C17H19N5OS. The second-order valence-electron chi connectivity index (χ2n) is 5.57. The quantitative estimate of drug-likeness (QED) is 0.671. The largest absolute Gasteiger partial charge is 0.491 e. The first kappa shape index (κ1) is 16.2. The first-order chi connectivity index (χ1) is 11.6. The Morgan fingerprint density at radius 1 is 1.25 bits per heavy atom. The summed E-state index contributed by atoms with van der Waals surface area (Å²) < 4.78 is 8.00. The Balaban J connectivity index is 1.78. The Hall–Kier alpha value is -2.67. The van der Waals surface area contributed by atoms with Crippen LogP contribution in [0, 0.1) is 4.77 Å². The van der Waals surface area contributed by atoms with Crippen molar-refractivity contribution in [3.05, 3.63) is 59.1 Å². The van der Waals surface area contributed by atoms with Gasteiger partial charge in [-0.05, 0) is 55.9 Å². The van der Waals surface area contributed by atoms with Crippen molar-refractivity contribution in [2.24, 2.45) is 0 Å². The fourth-order valence-electron chi connectivity index (χ4n) is 2.31. The first-order valence-corrected chi connectivity index (χ1v) is 8.11. The van der Waals surface area contributed by atoms with Gasteiger partial charge < -0.3 is 10.2 Å². The highest BCUT2D eigenvalue weighted by molar-refractivity contribution is 7.71. The van der Waals surface area contributed by atoms with E-state index in [0.29, 0.717) is 11.3 Å². The molecule has 124 valence electrons. The van der Waals surface area contributed by atoms with Crippen LogP contribution in [0.15, 0.2) is 48.8 Å². The summed E-state index contributed by atoms with van der Waals surface area (Å²) in [5.41, 5.74) is 5.33. The van der Waals surface area contributed by atoms with Crippen molar-refractivity contribution in [3.63, 3.8) is 0 Å². The minimum atomic E-state index is 0.147. The van der Waals surface area contributed by atoms with Crippen molar-refractivity contribution >= 4 is 12.2 Å². The molecule has 2 N–H and O–H groups in total. The van der Waals surface area contributed by atoms with Gasteiger partial charge in [-0.2, -0.15) is 5.10 Å². The van der Waals surface area contributed by atoms with Crippen LogP contribution < -0.4 is 10.2 Å². The average molecular weight is 341 g/mol. The molecule has 0 aliphatic carbocycles. The first-order valence-electron chi connectivity index (χ1n) is 7.71. The minimum absolute atomic E-state index is 0.147. The molecular weight excluding hydrogens is 322 g/mol. The van der Waals surface area contributed by atoms with Crippen LogP contribution in [0.4, 0.5) is 0 Å². The molecule has 0 saturated carbocycles. The van der Waals surface area contributed by atoms with E-state index in [1.165, 1.54) is 0 Å². The van der Waals surface area contributed by atoms with Gasteiger partial charge in [-0.25, -0.2) is 9.77 Å². The monoisotopic (exact) mass is 341 g/mol. The molecule has 0 radical (unpaired) electrons. The van der Waals surface area contributed by atoms with Gasteiger partial charge in [0.2, 0.25) is 4.77 Å². The molecule has 0 bridgehead atoms. The van der Waals surface area contributed by atoms with Crippen molar-refractivity contribution in [3.8, 4) is 17.1 Å². The molecule has 2 heterocycles. The molecule has 6 nitrogen and oxygen atoms in total. The molecule has 1 aromatic carbocycles. The zero-order valence-electron chi connectivity index (χ0n) is 13.6. The van der Waals surface area contributed by atoms with Gasteiger partial charge in [0.1, 0.15) is 5.75 Å². The molecule has 0 atom stereocenters. The molecule has 0 aliphatic rings. The summed E-state index contributed by atoms with van der Waals surface area (Å²) >= 11 is 5.31. The Bertz CT molecular complexity index is 857. The molecule has 24 heavy (non-hydrogen) atoms. The molecule has 3 rings (SSSR count). The van der Waals surface area contributed by atoms with Crippen molar-refractivity contribution in [2.45, 2.75) is 26.5 Å². The third kappa shape index (κ3) is 3.80. The van der Waals surface area contributed by atoms with Crippen LogP contribution >= 0.6 is 12.2 Å². The molecule has 0 unspecified atom stereocenters. The summed E-state index contributed by atoms with van der Waals surface area (Å²) in [4.78, 5) is 4.03. The molecule has 7 heteroatoms. The lowest BCUT2D eigenvalue weighted by molar-refractivity contribution is 0.242. The van der Waals surface area contributed by atoms with Crippen molar-refractivity contribution in [1.29, 1.82) is 0 Å². The van der Waals surface area contributed by atoms with Gasteiger partial charge in [0.25, 0.3) is 0 Å². The van der Waals surface area contributed by atoms with Gasteiger partial charge in [0, 0.05) is 18.0 Å². The number of benzene rings is 1. The summed E-state index contributed by atoms with van der Waals surface area (Å²) in [7, 11) is 0. The van der Waals surface area contributed by atoms with Crippen molar-refractivity contribution < 1.29 is 4.74 Å². The standard InChI is InChI=1S/C17H19N5OS/c1-12(2)23-15-5-3-4-13(10-15)11-19-22-16(20-21-17(22)24)14-6-8-18-9-7-14/h3-10,12,19H,11H2,1-2H3,(H,21,24). The molecule has 0 aliphatic heterocycles. The topological polar surface area (TPSA) is 67.8 Å². The number of pyridine rings is 1. The van der Waals surface area contributed by atoms with E-state index in [-0.39, 0.29) is 6.10 Å². The van der Waals surface area contributed by atoms with E-state index in [2.05, 4.69) is 20.6 Å². The predicted molar refractivity (Wildman–Crippen MR) is 95.9 cm³/mol. The SMILES string of the molecule is CC(C)Oc1cccc(CNn2c(-c3ccncc3)n[nH]c2=S)c1. The summed E-state index contributed by atoms with van der Waals surface area (Å²) in [6.07, 6.45) is 3.60. The zero-order chi connectivity index (χ0) is 16.9. The van der Waals surface area contributed by atoms with Gasteiger partial charge in [-0.15, -0.1) is 0 Å². The number of hydrogen-bond donors (Lipinski definition) is 2. The zero-order valence-corrected chi connectivity index (χ0v) is 14.4. The third-order valence-electron chi connectivity index (χ3n) is 3.32. The lowest BCUT2D eigenvalue weighted by Crippen LogP contribution is -2.16. The van der Waals surface area contributed by atoms with Gasteiger partial charge >= 0.3 is 0 Å². The van der Waals surface area contributed by atoms with Crippen LogP contribution in [-0.2, 0) is 6.54 Å². The summed E-state index contributed by atoms with van der Waals surface area (Å²) in [6.45, 7) is 4.62. The number of nitrogens with one attached hydrogen (secondary N) is 2. The summed E-state index contributed by atoms with van der Waals surface area (Å²) in [5, 5.41) is 7.10. The van der Waals surface area contributed by atoms with Crippen LogP contribution in [0.2, 0.25) is 0 Å². The highest BCUT2D eigenvalue weighted by atomic mass is 32.1. The van der Waals surface area contributed by atoms with Gasteiger partial charge in [-0.1, -0.05) is 12.1 Å². The molecule has 0 amide bonds. The number of rotatable bonds is 6. The average Bonchev–Trinajstić information content (AvgIpc) is 2.94. The van der Waals surface area contributed by atoms with E-state index in [0.717, 1.165) is 22.7 Å². The lowest BCUT2D eigenvalue weighted by Gasteiger charge is -2.13. The van der Waals surface area contributed by atoms with Crippen molar-refractivity contribution in [2.75, 3.05) is 5.43 Å². The number of H-pyrrole nitrogens is 1. The maximum atomic E-state index is 5.73. The van der Waals surface area contributed by atoms with Gasteiger partial charge in [0.05, 0.1) is 12.6 Å². The maximum Gasteiger partial charge on any atom is 0.214 e. The highest BCUT2D eigenvalue weighted by Gasteiger charge is 2.08. The van der Waals surface area contributed by atoms with E-state index in [1.54, 1.807) is 17.1 Å². The molecule has 0 fully saturated rings. The van der Waals surface area contributed by atoms with E-state index in [4.69, 9.17) is 17.0 Å². The van der Waals surface area contributed by atoms with Crippen LogP contribution in [0.5, 0.6) is 5.75 Å². The van der Waals surface area contributed by atoms with Crippen LogP contribution in [0.25, 0.3) is 11.4 Å². The predicted octanol–water partition coefficient (Wildman–Crippen LogP) is 3.53. The Labute approximate surface area is 145 Å². The normalized spacial score (nSPS) is 10.8. The summed E-state index contributed by atoms with van der Waals surface area (Å²) in [6, 6.07) is 11.8. The number of ether oxygens (including phenoxy) is 1. The van der Waals surface area contributed by atoms with Gasteiger partial charge in [0.15, 0.2) is 5.82 Å². The van der Waals surface area contributed by atoms with E-state index >= 15 is 0 Å². The maximum absolute atomic E-state index is 5.73. The second kappa shape index (κ2) is 7.27. The lowest BCUT2D eigenvalue weighted by atomic mass is 10.2. The van der Waals surface area contributed by atoms with Crippen LogP contribution in [0.3, 0.4) is 0 Å². The van der Waals surface area contributed by atoms with Crippen LogP contribution in [0.1, 0.15) is 19.4 Å². The number of aromatic amines is 1. The van der Waals surface area contributed by atoms with E-state index < -0.39 is 0 Å². The third-order valence-corrected chi connectivity index (χ3v) is 3.60. The number of nitrogens with zero attached hydrogens (tertiary/aromatic N) is 3. The van der Waals surface area contributed by atoms with Crippen molar-refractivity contribution in [1.82, 2.24) is 19.9 Å². The Morgan fingerprint density at radius 2 is 2.04 bits per heavy atom. The van der Waals surface area contributed by atoms with E-state index in [9.17, 15) is 0 Å². The highest BCUT2D eigenvalue weighted by Crippen LogP contribution is 2.17. The minimum Gasteiger partial charge on any atom is -0.491 e. The Kier molecular flexibility index (Phi) is 4.90. The van der Waals surface area contributed by atoms with Crippen LogP contribution in [-0.4, -0.2) is 26.0 Å². The second-order valence-corrected chi connectivity index (χ2v) is 5.96. The number of hydrogen-bond acceptors (Lipinski definition) is 5. The Morgan fingerprint density at radius 3 is 2.79 bits per heavy atom. The van der Waals surface area contributed by atoms with Gasteiger partial charge in [-0.3, -0.25) is 4.98 Å². The molecule has 0 spiro atoms. The number of aromatic nitrogens is 4. The fourth-order valence-corrected chi connectivity index (χ4v) is 2.51. The van der Waals surface area contributed by atoms with E-state index in [1.807, 2.05) is 50.2 Å². The summed E-state index contributed by atoms with van der Waals surface area (Å²) in [5.74, 6) is 1.58. The molecule has 3 aromatic rings. The molecule has 0 saturated heterocycles. The smallest absolute Gasteiger partial charge is 0.214 e. The fraction of sp³-hybridized carbons (Fsp3) is 0.235.